The zero-order chi connectivity index (χ0) is 15.3. The molecule has 0 aromatic carbocycles. The Morgan fingerprint density at radius 1 is 1.43 bits per heavy atom. The smallest absolute Gasteiger partial charge is 0.191 e. The van der Waals surface area contributed by atoms with Gasteiger partial charge in [-0.1, -0.05) is 6.92 Å². The molecule has 0 amide bonds. The molecule has 0 spiro atoms. The fraction of sp³-hybridized carbons (Fsp3) is 0.667. The summed E-state index contributed by atoms with van der Waals surface area (Å²) < 4.78 is 22.8. The number of nitrogens with two attached hydrogens (primary N) is 1. The van der Waals surface area contributed by atoms with E-state index in [4.69, 9.17) is 5.73 Å². The molecule has 0 bridgehead atoms. The van der Waals surface area contributed by atoms with Gasteiger partial charge in [0, 0.05) is 43.5 Å². The molecule has 21 heavy (non-hydrogen) atoms. The molecule has 2 N–H and O–H groups in total. The van der Waals surface area contributed by atoms with Gasteiger partial charge in [-0.25, -0.2) is 13.4 Å². The molecule has 0 saturated carbocycles. The van der Waals surface area contributed by atoms with Crippen LogP contribution in [-0.4, -0.2) is 68.5 Å². The van der Waals surface area contributed by atoms with Gasteiger partial charge in [-0.2, -0.15) is 0 Å². The molecule has 0 radical (unpaired) electrons. The summed E-state index contributed by atoms with van der Waals surface area (Å²) in [4.78, 5) is 12.7. The molecule has 1 aliphatic rings. The van der Waals surface area contributed by atoms with E-state index in [-0.39, 0.29) is 18.1 Å². The summed E-state index contributed by atoms with van der Waals surface area (Å²) in [5.41, 5.74) is 5.93. The summed E-state index contributed by atoms with van der Waals surface area (Å²) in [6.07, 6.45) is 1.80. The molecule has 1 aliphatic heterocycles. The minimum Gasteiger partial charge on any atom is -0.370 e. The van der Waals surface area contributed by atoms with E-state index in [9.17, 15) is 8.42 Å². The Morgan fingerprint density at radius 3 is 2.71 bits per heavy atom. The third-order valence-electron chi connectivity index (χ3n) is 3.41. The Balaban J connectivity index is 1.81. The van der Waals surface area contributed by atoms with Crippen LogP contribution >= 0.6 is 11.3 Å². The van der Waals surface area contributed by atoms with Crippen LogP contribution in [0, 0.1) is 0 Å². The number of nitrogens with zero attached hydrogens (tertiary/aromatic N) is 4. The van der Waals surface area contributed by atoms with Gasteiger partial charge in [0.15, 0.2) is 20.9 Å². The maximum absolute atomic E-state index is 11.4. The lowest BCUT2D eigenvalue weighted by Crippen LogP contribution is -2.51. The standard InChI is InChI=1S/C12H21N5O2S2/c1-2-21(18,19)10-4-14-11(13)16-5-7-17(8-6-16)12-15-3-9-20-12/h3,9H,2,4-8,10H2,1H3,(H2,13,14). The molecular formula is C12H21N5O2S2. The highest BCUT2D eigenvalue weighted by Crippen LogP contribution is 2.18. The Bertz CT molecular complexity index is 562. The zero-order valence-corrected chi connectivity index (χ0v) is 13.7. The normalized spacial score (nSPS) is 17.3. The van der Waals surface area contributed by atoms with Crippen LogP contribution in [0.1, 0.15) is 6.92 Å². The Labute approximate surface area is 129 Å². The summed E-state index contributed by atoms with van der Waals surface area (Å²) in [7, 11) is -2.98. The average Bonchev–Trinajstić information content (AvgIpc) is 3.01. The molecule has 0 aliphatic carbocycles. The van der Waals surface area contributed by atoms with Crippen LogP contribution in [0.3, 0.4) is 0 Å². The minimum atomic E-state index is -2.98. The van der Waals surface area contributed by atoms with Gasteiger partial charge < -0.3 is 15.5 Å². The second-order valence-corrected chi connectivity index (χ2v) is 8.11. The van der Waals surface area contributed by atoms with E-state index in [1.54, 1.807) is 24.5 Å². The number of rotatable bonds is 5. The van der Waals surface area contributed by atoms with E-state index < -0.39 is 9.84 Å². The van der Waals surface area contributed by atoms with Crippen molar-refractivity contribution in [2.24, 2.45) is 10.7 Å². The number of piperazine rings is 1. The van der Waals surface area contributed by atoms with Crippen LogP contribution < -0.4 is 10.6 Å². The third kappa shape index (κ3) is 4.57. The molecule has 0 unspecified atom stereocenters. The van der Waals surface area contributed by atoms with Gasteiger partial charge in [-0.3, -0.25) is 4.99 Å². The van der Waals surface area contributed by atoms with Gasteiger partial charge in [0.1, 0.15) is 0 Å². The predicted molar refractivity (Wildman–Crippen MR) is 86.7 cm³/mol. The zero-order valence-electron chi connectivity index (χ0n) is 12.1. The highest BCUT2D eigenvalue weighted by atomic mass is 32.2. The van der Waals surface area contributed by atoms with E-state index >= 15 is 0 Å². The van der Waals surface area contributed by atoms with Crippen molar-refractivity contribution in [2.45, 2.75) is 6.92 Å². The van der Waals surface area contributed by atoms with Crippen molar-refractivity contribution in [2.75, 3.05) is 49.1 Å². The summed E-state index contributed by atoms with van der Waals surface area (Å²) in [6, 6.07) is 0. The summed E-state index contributed by atoms with van der Waals surface area (Å²) >= 11 is 1.63. The van der Waals surface area contributed by atoms with Gasteiger partial charge in [0.05, 0.1) is 12.3 Å². The largest absolute Gasteiger partial charge is 0.370 e. The lowest BCUT2D eigenvalue weighted by molar-refractivity contribution is 0.381. The molecule has 1 fully saturated rings. The van der Waals surface area contributed by atoms with Crippen molar-refractivity contribution < 1.29 is 8.42 Å². The summed E-state index contributed by atoms with van der Waals surface area (Å²) in [5, 5.41) is 2.99. The van der Waals surface area contributed by atoms with E-state index in [1.807, 2.05) is 10.3 Å². The number of aromatic nitrogens is 1. The fourth-order valence-electron chi connectivity index (χ4n) is 2.04. The second kappa shape index (κ2) is 7.08. The van der Waals surface area contributed by atoms with E-state index in [2.05, 4.69) is 14.9 Å². The summed E-state index contributed by atoms with van der Waals surface area (Å²) in [6.45, 7) is 5.10. The highest BCUT2D eigenvalue weighted by molar-refractivity contribution is 7.91. The van der Waals surface area contributed by atoms with E-state index in [0.717, 1.165) is 31.3 Å². The Hall–Kier alpha value is -1.35. The van der Waals surface area contributed by atoms with E-state index in [1.165, 1.54) is 0 Å². The van der Waals surface area contributed by atoms with Crippen molar-refractivity contribution in [1.29, 1.82) is 0 Å². The monoisotopic (exact) mass is 331 g/mol. The van der Waals surface area contributed by atoms with Crippen LogP contribution in [-0.2, 0) is 9.84 Å². The van der Waals surface area contributed by atoms with Gasteiger partial charge in [0.2, 0.25) is 0 Å². The lowest BCUT2D eigenvalue weighted by Gasteiger charge is -2.35. The van der Waals surface area contributed by atoms with Gasteiger partial charge in [0.25, 0.3) is 0 Å². The van der Waals surface area contributed by atoms with E-state index in [0.29, 0.717) is 5.96 Å². The van der Waals surface area contributed by atoms with Crippen molar-refractivity contribution in [1.82, 2.24) is 9.88 Å². The molecule has 0 atom stereocenters. The topological polar surface area (TPSA) is 91.9 Å². The Morgan fingerprint density at radius 2 is 2.14 bits per heavy atom. The van der Waals surface area contributed by atoms with Gasteiger partial charge in [-0.15, -0.1) is 11.3 Å². The van der Waals surface area contributed by atoms with Crippen molar-refractivity contribution in [3.8, 4) is 0 Å². The van der Waals surface area contributed by atoms with Crippen molar-refractivity contribution in [3.05, 3.63) is 11.6 Å². The maximum Gasteiger partial charge on any atom is 0.191 e. The van der Waals surface area contributed by atoms with Crippen molar-refractivity contribution in [3.63, 3.8) is 0 Å². The maximum atomic E-state index is 11.4. The highest BCUT2D eigenvalue weighted by Gasteiger charge is 2.19. The number of sulfone groups is 1. The fourth-order valence-corrected chi connectivity index (χ4v) is 3.40. The predicted octanol–water partition coefficient (Wildman–Crippen LogP) is 0.0145. The molecule has 1 saturated heterocycles. The molecular weight excluding hydrogens is 310 g/mol. The first kappa shape index (κ1) is 16.0. The second-order valence-electron chi connectivity index (χ2n) is 4.77. The van der Waals surface area contributed by atoms with Crippen molar-refractivity contribution >= 4 is 32.3 Å². The average molecular weight is 331 g/mol. The van der Waals surface area contributed by atoms with Gasteiger partial charge >= 0.3 is 0 Å². The first-order valence-corrected chi connectivity index (χ1v) is 9.61. The summed E-state index contributed by atoms with van der Waals surface area (Å²) in [5.74, 6) is 0.637. The van der Waals surface area contributed by atoms with Crippen LogP contribution in [0.4, 0.5) is 5.13 Å². The quantitative estimate of drug-likeness (QED) is 0.604. The molecule has 1 aromatic heterocycles. The number of guanidine groups is 1. The number of hydrogen-bond acceptors (Lipinski definition) is 6. The minimum absolute atomic E-state index is 0.0588. The van der Waals surface area contributed by atoms with Crippen LogP contribution in [0.15, 0.2) is 16.6 Å². The Kier molecular flexibility index (Phi) is 5.40. The first-order chi connectivity index (χ1) is 10.0. The molecule has 7 nitrogen and oxygen atoms in total. The number of aliphatic imine (C=N–C) groups is 1. The van der Waals surface area contributed by atoms with Gasteiger partial charge in [-0.05, 0) is 0 Å². The SMILES string of the molecule is CCS(=O)(=O)CCN=C(N)N1CCN(c2nccs2)CC1. The molecule has 2 heterocycles. The first-order valence-electron chi connectivity index (χ1n) is 6.91. The number of thiazole rings is 1. The molecule has 9 heteroatoms. The van der Waals surface area contributed by atoms with Crippen LogP contribution in [0.25, 0.3) is 0 Å². The third-order valence-corrected chi connectivity index (χ3v) is 5.93. The number of anilines is 1. The van der Waals surface area contributed by atoms with Crippen LogP contribution in [0.2, 0.25) is 0 Å². The molecule has 2 rings (SSSR count). The van der Waals surface area contributed by atoms with Crippen LogP contribution in [0.5, 0.6) is 0 Å². The molecule has 118 valence electrons. The number of hydrogen-bond donors (Lipinski definition) is 1. The molecule has 1 aromatic rings. The lowest BCUT2D eigenvalue weighted by atomic mass is 10.3.